The van der Waals surface area contributed by atoms with E-state index in [4.69, 9.17) is 11.0 Å². The average Bonchev–Trinajstić information content (AvgIpc) is 2.91. The molecular formula is C17H17Cl2FN4. The van der Waals surface area contributed by atoms with E-state index < -0.39 is 5.82 Å². The van der Waals surface area contributed by atoms with Crippen molar-refractivity contribution >= 4 is 35.8 Å². The monoisotopic (exact) mass is 366 g/mol. The van der Waals surface area contributed by atoms with Gasteiger partial charge in [-0.05, 0) is 31.2 Å². The van der Waals surface area contributed by atoms with Gasteiger partial charge in [0.25, 0.3) is 0 Å². The molecule has 126 valence electrons. The Hall–Kier alpha value is -2.13. The van der Waals surface area contributed by atoms with Crippen molar-refractivity contribution in [2.75, 3.05) is 0 Å². The molecule has 0 unspecified atom stereocenters. The molecule has 0 saturated carbocycles. The second-order valence-corrected chi connectivity index (χ2v) is 5.16. The molecule has 0 bridgehead atoms. The van der Waals surface area contributed by atoms with E-state index in [0.717, 1.165) is 5.69 Å². The highest BCUT2D eigenvalue weighted by Gasteiger charge is 2.20. The Labute approximate surface area is 151 Å². The van der Waals surface area contributed by atoms with Crippen molar-refractivity contribution in [2.45, 2.75) is 19.4 Å². The molecular weight excluding hydrogens is 350 g/mol. The normalized spacial score (nSPS) is 11.2. The van der Waals surface area contributed by atoms with Crippen LogP contribution < -0.4 is 5.73 Å². The van der Waals surface area contributed by atoms with Crippen LogP contribution in [0.1, 0.15) is 24.4 Å². The predicted octanol–water partition coefficient (Wildman–Crippen LogP) is 4.09. The number of fused-ring (bicyclic) bond motifs is 1. The lowest BCUT2D eigenvalue weighted by Gasteiger charge is -2.13. The summed E-state index contributed by atoms with van der Waals surface area (Å²) in [6.07, 6.45) is -0.0138. The van der Waals surface area contributed by atoms with Gasteiger partial charge in [-0.25, -0.2) is 9.37 Å². The number of nitriles is 1. The molecule has 4 nitrogen and oxygen atoms in total. The van der Waals surface area contributed by atoms with E-state index >= 15 is 0 Å². The van der Waals surface area contributed by atoms with Crippen molar-refractivity contribution in [2.24, 2.45) is 5.73 Å². The third-order valence-corrected chi connectivity index (χ3v) is 3.57. The molecule has 3 aromatic rings. The maximum Gasteiger partial charge on any atom is 0.131 e. The highest BCUT2D eigenvalue weighted by molar-refractivity contribution is 5.85. The van der Waals surface area contributed by atoms with Gasteiger partial charge in [0.15, 0.2) is 0 Å². The molecule has 0 aliphatic carbocycles. The minimum Gasteiger partial charge on any atom is -0.322 e. The summed E-state index contributed by atoms with van der Waals surface area (Å²) in [5, 5.41) is 9.01. The Morgan fingerprint density at radius 2 is 1.88 bits per heavy atom. The van der Waals surface area contributed by atoms with E-state index in [-0.39, 0.29) is 37.3 Å². The van der Waals surface area contributed by atoms with Crippen LogP contribution in [0.25, 0.3) is 16.7 Å². The van der Waals surface area contributed by atoms with Gasteiger partial charge in [-0.2, -0.15) is 5.26 Å². The summed E-state index contributed by atoms with van der Waals surface area (Å²) in [7, 11) is 0. The van der Waals surface area contributed by atoms with E-state index in [2.05, 4.69) is 4.98 Å². The molecule has 0 spiro atoms. The van der Waals surface area contributed by atoms with E-state index in [9.17, 15) is 4.39 Å². The van der Waals surface area contributed by atoms with Crippen LogP contribution in [0.15, 0.2) is 42.5 Å². The van der Waals surface area contributed by atoms with Crippen molar-refractivity contribution in [3.05, 3.63) is 59.7 Å². The van der Waals surface area contributed by atoms with Crippen molar-refractivity contribution in [3.8, 4) is 11.8 Å². The molecule has 1 heterocycles. The van der Waals surface area contributed by atoms with Crippen LogP contribution in [0.3, 0.4) is 0 Å². The molecule has 2 aromatic carbocycles. The molecule has 3 rings (SSSR count). The SMILES string of the molecule is C[C@H](N)c1nc2ccc(F)c(CC#N)c2n1-c1ccccc1.Cl.Cl. The molecule has 2 N–H and O–H groups in total. The quantitative estimate of drug-likeness (QED) is 0.758. The molecule has 1 aromatic heterocycles. The maximum atomic E-state index is 14.2. The zero-order chi connectivity index (χ0) is 15.7. The highest BCUT2D eigenvalue weighted by atomic mass is 35.5. The fourth-order valence-electron chi connectivity index (χ4n) is 2.62. The van der Waals surface area contributed by atoms with Crippen LogP contribution in [0, 0.1) is 17.1 Å². The summed E-state index contributed by atoms with van der Waals surface area (Å²) in [6.45, 7) is 1.83. The number of rotatable bonds is 3. The number of hydrogen-bond acceptors (Lipinski definition) is 3. The first-order valence-corrected chi connectivity index (χ1v) is 7.01. The largest absolute Gasteiger partial charge is 0.322 e. The topological polar surface area (TPSA) is 67.6 Å². The van der Waals surface area contributed by atoms with Crippen LogP contribution in [-0.4, -0.2) is 9.55 Å². The standard InChI is InChI=1S/C17H15FN4.2ClH/c1-11(20)17-21-15-8-7-14(18)13(9-10-19)16(15)22(17)12-5-3-2-4-6-12;;/h2-8,11H,9,20H2,1H3;2*1H/t11-;;/m0../s1. The summed E-state index contributed by atoms with van der Waals surface area (Å²) in [5.41, 5.74) is 8.49. The molecule has 7 heteroatoms. The summed E-state index contributed by atoms with van der Waals surface area (Å²) in [5.74, 6) is 0.244. The van der Waals surface area contributed by atoms with Crippen molar-refractivity contribution in [3.63, 3.8) is 0 Å². The number of aromatic nitrogens is 2. The molecule has 24 heavy (non-hydrogen) atoms. The number of para-hydroxylation sites is 1. The van der Waals surface area contributed by atoms with Crippen molar-refractivity contribution < 1.29 is 4.39 Å². The maximum absolute atomic E-state index is 14.2. The zero-order valence-corrected chi connectivity index (χ0v) is 14.6. The van der Waals surface area contributed by atoms with Crippen molar-refractivity contribution in [1.29, 1.82) is 5.26 Å². The second kappa shape index (κ2) is 8.11. The van der Waals surface area contributed by atoms with Gasteiger partial charge in [0, 0.05) is 11.3 Å². The number of halogens is 3. The minimum atomic E-state index is -0.401. The summed E-state index contributed by atoms with van der Waals surface area (Å²) >= 11 is 0. The highest BCUT2D eigenvalue weighted by Crippen LogP contribution is 2.29. The molecule has 0 aliphatic heterocycles. The van der Waals surface area contributed by atoms with Gasteiger partial charge < -0.3 is 5.73 Å². The van der Waals surface area contributed by atoms with Crippen LogP contribution in [0.4, 0.5) is 4.39 Å². The molecule has 0 radical (unpaired) electrons. The van der Waals surface area contributed by atoms with Gasteiger partial charge in [-0.3, -0.25) is 4.57 Å². The van der Waals surface area contributed by atoms with Crippen LogP contribution in [-0.2, 0) is 6.42 Å². The Bertz CT molecular complexity index is 870. The Balaban J connectivity index is 0.00000144. The van der Waals surface area contributed by atoms with E-state index in [1.165, 1.54) is 6.07 Å². The molecule has 0 fully saturated rings. The summed E-state index contributed by atoms with van der Waals surface area (Å²) < 4.78 is 16.0. The van der Waals surface area contributed by atoms with Gasteiger partial charge in [0.2, 0.25) is 0 Å². The number of nitrogens with zero attached hydrogens (tertiary/aromatic N) is 3. The fourth-order valence-corrected chi connectivity index (χ4v) is 2.62. The zero-order valence-electron chi connectivity index (χ0n) is 12.9. The fraction of sp³-hybridized carbons (Fsp3) is 0.176. The van der Waals surface area contributed by atoms with Gasteiger partial charge >= 0.3 is 0 Å². The van der Waals surface area contributed by atoms with Gasteiger partial charge in [0.1, 0.15) is 11.6 Å². The van der Waals surface area contributed by atoms with E-state index in [0.29, 0.717) is 22.4 Å². The number of benzene rings is 2. The molecule has 0 saturated heterocycles. The third-order valence-electron chi connectivity index (χ3n) is 3.57. The first-order valence-electron chi connectivity index (χ1n) is 7.01. The number of imidazole rings is 1. The first-order chi connectivity index (χ1) is 10.6. The lowest BCUT2D eigenvalue weighted by molar-refractivity contribution is 0.617. The molecule has 1 atom stereocenters. The molecule has 0 aliphatic rings. The van der Waals surface area contributed by atoms with Crippen LogP contribution in [0.5, 0.6) is 0 Å². The first kappa shape index (κ1) is 19.9. The molecule has 0 amide bonds. The van der Waals surface area contributed by atoms with Gasteiger partial charge in [0.05, 0.1) is 29.6 Å². The Kier molecular flexibility index (Phi) is 6.73. The third kappa shape index (κ3) is 3.36. The Morgan fingerprint density at radius 1 is 1.21 bits per heavy atom. The average molecular weight is 367 g/mol. The van der Waals surface area contributed by atoms with Crippen molar-refractivity contribution in [1.82, 2.24) is 9.55 Å². The Morgan fingerprint density at radius 3 is 2.46 bits per heavy atom. The summed E-state index contributed by atoms with van der Waals surface area (Å²) in [4.78, 5) is 4.53. The smallest absolute Gasteiger partial charge is 0.131 e. The summed E-state index contributed by atoms with van der Waals surface area (Å²) in [6, 6.07) is 14.2. The number of nitrogens with two attached hydrogens (primary N) is 1. The van der Waals surface area contributed by atoms with Crippen LogP contribution in [0.2, 0.25) is 0 Å². The van der Waals surface area contributed by atoms with Crippen LogP contribution >= 0.6 is 24.8 Å². The second-order valence-electron chi connectivity index (χ2n) is 5.16. The van der Waals surface area contributed by atoms with E-state index in [1.54, 1.807) is 6.07 Å². The van der Waals surface area contributed by atoms with E-state index in [1.807, 2.05) is 47.9 Å². The number of hydrogen-bond donors (Lipinski definition) is 1. The van der Waals surface area contributed by atoms with Gasteiger partial charge in [-0.1, -0.05) is 18.2 Å². The lowest BCUT2D eigenvalue weighted by atomic mass is 10.1. The predicted molar refractivity (Wildman–Crippen MR) is 97.4 cm³/mol. The lowest BCUT2D eigenvalue weighted by Crippen LogP contribution is -2.13. The minimum absolute atomic E-state index is 0. The van der Waals surface area contributed by atoms with Gasteiger partial charge in [-0.15, -0.1) is 24.8 Å².